The smallest absolute Gasteiger partial charge is 0.191 e. The van der Waals surface area contributed by atoms with E-state index in [2.05, 4.69) is 78.6 Å². The Kier molecular flexibility index (Phi) is 10.9. The number of piperidine rings is 1. The van der Waals surface area contributed by atoms with Gasteiger partial charge in [-0.15, -0.1) is 24.0 Å². The van der Waals surface area contributed by atoms with Gasteiger partial charge in [-0.25, -0.2) is 4.98 Å². The van der Waals surface area contributed by atoms with Crippen LogP contribution in [0, 0.1) is 0 Å². The van der Waals surface area contributed by atoms with Gasteiger partial charge in [0.2, 0.25) is 0 Å². The van der Waals surface area contributed by atoms with E-state index in [9.17, 15) is 0 Å². The summed E-state index contributed by atoms with van der Waals surface area (Å²) >= 11 is 0. The zero-order valence-corrected chi connectivity index (χ0v) is 22.4. The molecule has 0 spiro atoms. The molecule has 1 saturated heterocycles. The molecular formula is C27H37IN6. The van der Waals surface area contributed by atoms with Gasteiger partial charge in [-0.1, -0.05) is 61.0 Å². The van der Waals surface area contributed by atoms with Crippen LogP contribution < -0.4 is 10.6 Å². The van der Waals surface area contributed by atoms with Crippen LogP contribution in [0.3, 0.4) is 0 Å². The Morgan fingerprint density at radius 1 is 0.882 bits per heavy atom. The number of hydrogen-bond donors (Lipinski definition) is 2. The molecule has 1 aromatic heterocycles. The molecule has 182 valence electrons. The van der Waals surface area contributed by atoms with Crippen LogP contribution in [0.15, 0.2) is 72.0 Å². The summed E-state index contributed by atoms with van der Waals surface area (Å²) in [6, 6.07) is 19.5. The lowest BCUT2D eigenvalue weighted by Gasteiger charge is -2.26. The SMILES string of the molecule is CN=C(NCCc1nccn1Cc1ccccc1)NCc1ccc(CN2CCCCC2)cc1.I. The number of benzene rings is 2. The summed E-state index contributed by atoms with van der Waals surface area (Å²) in [4.78, 5) is 11.5. The Morgan fingerprint density at radius 3 is 2.32 bits per heavy atom. The summed E-state index contributed by atoms with van der Waals surface area (Å²) in [5, 5.41) is 6.84. The fourth-order valence-corrected chi connectivity index (χ4v) is 4.33. The summed E-state index contributed by atoms with van der Waals surface area (Å²) < 4.78 is 2.21. The molecule has 0 saturated carbocycles. The van der Waals surface area contributed by atoms with Crippen molar-refractivity contribution < 1.29 is 0 Å². The second-order valence-electron chi connectivity index (χ2n) is 8.71. The lowest BCUT2D eigenvalue weighted by Crippen LogP contribution is -2.38. The lowest BCUT2D eigenvalue weighted by molar-refractivity contribution is 0.221. The monoisotopic (exact) mass is 572 g/mol. The van der Waals surface area contributed by atoms with Crippen LogP contribution in [0.25, 0.3) is 0 Å². The topological polar surface area (TPSA) is 57.5 Å². The minimum absolute atomic E-state index is 0. The molecule has 0 amide bonds. The van der Waals surface area contributed by atoms with E-state index in [1.165, 1.54) is 49.0 Å². The Balaban J connectivity index is 0.00000324. The molecule has 1 aliphatic rings. The van der Waals surface area contributed by atoms with E-state index >= 15 is 0 Å². The number of imidazole rings is 1. The van der Waals surface area contributed by atoms with Crippen molar-refractivity contribution in [2.45, 2.75) is 45.3 Å². The lowest BCUT2D eigenvalue weighted by atomic mass is 10.1. The fourth-order valence-electron chi connectivity index (χ4n) is 4.33. The van der Waals surface area contributed by atoms with Crippen molar-refractivity contribution >= 4 is 29.9 Å². The standard InChI is InChI=1S/C27H36N6.HI/c1-28-27(30-15-14-26-29-16-19-33(26)22-24-8-4-2-5-9-24)31-20-23-10-12-25(13-11-23)21-32-17-6-3-7-18-32;/h2,4-5,8-13,16,19H,3,6-7,14-15,17-18,20-22H2,1H3,(H2,28,30,31);1H. The van der Waals surface area contributed by atoms with Gasteiger partial charge in [-0.05, 0) is 42.6 Å². The Labute approximate surface area is 220 Å². The summed E-state index contributed by atoms with van der Waals surface area (Å²) in [6.07, 6.45) is 8.82. The summed E-state index contributed by atoms with van der Waals surface area (Å²) in [7, 11) is 1.81. The third kappa shape index (κ3) is 8.13. The molecule has 6 nitrogen and oxygen atoms in total. The third-order valence-electron chi connectivity index (χ3n) is 6.20. The van der Waals surface area contributed by atoms with E-state index in [-0.39, 0.29) is 24.0 Å². The van der Waals surface area contributed by atoms with Crippen molar-refractivity contribution in [1.82, 2.24) is 25.1 Å². The van der Waals surface area contributed by atoms with Gasteiger partial charge >= 0.3 is 0 Å². The zero-order chi connectivity index (χ0) is 22.7. The Morgan fingerprint density at radius 2 is 1.59 bits per heavy atom. The molecule has 7 heteroatoms. The van der Waals surface area contributed by atoms with Crippen molar-refractivity contribution in [3.8, 4) is 0 Å². The molecule has 2 aromatic carbocycles. The minimum Gasteiger partial charge on any atom is -0.356 e. The molecule has 0 radical (unpaired) electrons. The molecule has 0 aliphatic carbocycles. The molecule has 3 aromatic rings. The van der Waals surface area contributed by atoms with Crippen LogP contribution in [0.2, 0.25) is 0 Å². The maximum absolute atomic E-state index is 4.54. The zero-order valence-electron chi connectivity index (χ0n) is 20.1. The number of rotatable bonds is 9. The van der Waals surface area contributed by atoms with Crippen LogP contribution in [0.1, 0.15) is 41.8 Å². The van der Waals surface area contributed by atoms with E-state index < -0.39 is 0 Å². The number of hydrogen-bond acceptors (Lipinski definition) is 3. The van der Waals surface area contributed by atoms with Crippen LogP contribution in [-0.4, -0.2) is 47.1 Å². The van der Waals surface area contributed by atoms with Crippen molar-refractivity contribution in [3.05, 3.63) is 89.5 Å². The first-order valence-corrected chi connectivity index (χ1v) is 12.1. The van der Waals surface area contributed by atoms with E-state index in [0.29, 0.717) is 0 Å². The molecule has 34 heavy (non-hydrogen) atoms. The van der Waals surface area contributed by atoms with E-state index in [4.69, 9.17) is 0 Å². The van der Waals surface area contributed by atoms with Crippen LogP contribution in [-0.2, 0) is 26.1 Å². The number of nitrogens with zero attached hydrogens (tertiary/aromatic N) is 4. The summed E-state index contributed by atoms with van der Waals surface area (Å²) in [6.45, 7) is 5.91. The highest BCUT2D eigenvalue weighted by molar-refractivity contribution is 14.0. The van der Waals surface area contributed by atoms with Gasteiger partial charge in [-0.2, -0.15) is 0 Å². The van der Waals surface area contributed by atoms with E-state index in [0.717, 1.165) is 44.4 Å². The maximum atomic E-state index is 4.54. The first-order chi connectivity index (χ1) is 16.3. The van der Waals surface area contributed by atoms with Crippen LogP contribution in [0.4, 0.5) is 0 Å². The molecule has 0 unspecified atom stereocenters. The highest BCUT2D eigenvalue weighted by Gasteiger charge is 2.10. The van der Waals surface area contributed by atoms with Crippen molar-refractivity contribution in [3.63, 3.8) is 0 Å². The second kappa shape index (κ2) is 14.1. The predicted octanol–water partition coefficient (Wildman–Crippen LogP) is 4.44. The summed E-state index contributed by atoms with van der Waals surface area (Å²) in [5.74, 6) is 1.89. The Bertz CT molecular complexity index is 993. The highest BCUT2D eigenvalue weighted by atomic mass is 127. The molecule has 2 N–H and O–H groups in total. The molecule has 0 atom stereocenters. The van der Waals surface area contributed by atoms with Gasteiger partial charge in [0.1, 0.15) is 5.82 Å². The van der Waals surface area contributed by atoms with Crippen molar-refractivity contribution in [2.24, 2.45) is 4.99 Å². The first-order valence-electron chi connectivity index (χ1n) is 12.1. The average Bonchev–Trinajstić information content (AvgIpc) is 3.30. The number of guanidine groups is 1. The van der Waals surface area contributed by atoms with Gasteiger partial charge in [0.25, 0.3) is 0 Å². The number of nitrogens with one attached hydrogen (secondary N) is 2. The van der Waals surface area contributed by atoms with Gasteiger partial charge in [-0.3, -0.25) is 9.89 Å². The fraction of sp³-hybridized carbons (Fsp3) is 0.407. The van der Waals surface area contributed by atoms with Gasteiger partial charge in [0, 0.05) is 52.0 Å². The summed E-state index contributed by atoms with van der Waals surface area (Å²) in [5.41, 5.74) is 3.94. The van der Waals surface area contributed by atoms with Crippen LogP contribution in [0.5, 0.6) is 0 Å². The molecular weight excluding hydrogens is 535 g/mol. The van der Waals surface area contributed by atoms with E-state index in [1.54, 1.807) is 0 Å². The second-order valence-corrected chi connectivity index (χ2v) is 8.71. The Hall–Kier alpha value is -2.39. The minimum atomic E-state index is 0. The molecule has 1 aliphatic heterocycles. The number of aliphatic imine (C=N–C) groups is 1. The predicted molar refractivity (Wildman–Crippen MR) is 151 cm³/mol. The molecule has 2 heterocycles. The number of aromatic nitrogens is 2. The first kappa shape index (κ1) is 26.2. The highest BCUT2D eigenvalue weighted by Crippen LogP contribution is 2.13. The van der Waals surface area contributed by atoms with Crippen molar-refractivity contribution in [1.29, 1.82) is 0 Å². The number of likely N-dealkylation sites (tertiary alicyclic amines) is 1. The van der Waals surface area contributed by atoms with Gasteiger partial charge < -0.3 is 15.2 Å². The van der Waals surface area contributed by atoms with Crippen molar-refractivity contribution in [2.75, 3.05) is 26.7 Å². The molecule has 4 rings (SSSR count). The average molecular weight is 573 g/mol. The normalized spacial score (nSPS) is 14.4. The molecule has 1 fully saturated rings. The van der Waals surface area contributed by atoms with E-state index in [1.807, 2.05) is 25.5 Å². The molecule has 0 bridgehead atoms. The van der Waals surface area contributed by atoms with Crippen LogP contribution >= 0.6 is 24.0 Å². The quantitative estimate of drug-likeness (QED) is 0.226. The maximum Gasteiger partial charge on any atom is 0.191 e. The van der Waals surface area contributed by atoms with Gasteiger partial charge in [0.15, 0.2) is 5.96 Å². The number of halogens is 1. The third-order valence-corrected chi connectivity index (χ3v) is 6.20. The van der Waals surface area contributed by atoms with Gasteiger partial charge in [0.05, 0.1) is 0 Å². The largest absolute Gasteiger partial charge is 0.356 e.